The van der Waals surface area contributed by atoms with Gasteiger partial charge in [0.15, 0.2) is 0 Å². The average Bonchev–Trinajstić information content (AvgIpc) is 2.94. The molecule has 3 rings (SSSR count). The number of rotatable bonds is 3. The molecule has 0 radical (unpaired) electrons. The van der Waals surface area contributed by atoms with Gasteiger partial charge in [0.05, 0.1) is 12.7 Å². The zero-order valence-corrected chi connectivity index (χ0v) is 11.7. The molecule has 21 heavy (non-hydrogen) atoms. The van der Waals surface area contributed by atoms with Crippen LogP contribution >= 0.6 is 0 Å². The van der Waals surface area contributed by atoms with Crippen LogP contribution in [0, 0.1) is 5.82 Å². The van der Waals surface area contributed by atoms with E-state index in [0.29, 0.717) is 12.3 Å². The third-order valence-electron chi connectivity index (χ3n) is 3.68. The van der Waals surface area contributed by atoms with Crippen molar-refractivity contribution in [1.29, 1.82) is 0 Å². The Hall–Kier alpha value is -2.37. The van der Waals surface area contributed by atoms with Crippen molar-refractivity contribution in [2.45, 2.75) is 25.4 Å². The van der Waals surface area contributed by atoms with Crippen molar-refractivity contribution in [3.8, 4) is 5.75 Å². The minimum absolute atomic E-state index is 0.00664. The fourth-order valence-corrected chi connectivity index (χ4v) is 2.61. The number of imidazole rings is 1. The van der Waals surface area contributed by atoms with Gasteiger partial charge in [-0.25, -0.2) is 9.37 Å². The second kappa shape index (κ2) is 5.55. The van der Waals surface area contributed by atoms with Crippen molar-refractivity contribution >= 4 is 5.91 Å². The number of halogens is 1. The molecule has 1 atom stereocenters. The third-order valence-corrected chi connectivity index (χ3v) is 3.68. The lowest BCUT2D eigenvalue weighted by Crippen LogP contribution is -2.41. The Bertz CT molecular complexity index is 669. The standard InChI is InChI=1S/C15H16FN3O2/c1-21-13-4-2-10(16)8-12(13)15(20)18-11-3-5-14-17-6-7-19(14)9-11/h2,4,6-8,11H,3,5,9H2,1H3,(H,18,20)/t11-/m1/s1. The number of ether oxygens (including phenoxy) is 1. The van der Waals surface area contributed by atoms with Crippen LogP contribution in [0.2, 0.25) is 0 Å². The summed E-state index contributed by atoms with van der Waals surface area (Å²) < 4.78 is 20.5. The van der Waals surface area contributed by atoms with Crippen LogP contribution < -0.4 is 10.1 Å². The Morgan fingerprint density at radius 3 is 3.19 bits per heavy atom. The normalized spacial score (nSPS) is 17.1. The Labute approximate surface area is 121 Å². The summed E-state index contributed by atoms with van der Waals surface area (Å²) in [5, 5.41) is 2.93. The molecule has 0 saturated carbocycles. The Morgan fingerprint density at radius 2 is 2.38 bits per heavy atom. The van der Waals surface area contributed by atoms with Gasteiger partial charge in [-0.1, -0.05) is 0 Å². The van der Waals surface area contributed by atoms with Gasteiger partial charge in [-0.3, -0.25) is 4.79 Å². The van der Waals surface area contributed by atoms with Gasteiger partial charge in [-0.15, -0.1) is 0 Å². The van der Waals surface area contributed by atoms with Gasteiger partial charge >= 0.3 is 0 Å². The lowest BCUT2D eigenvalue weighted by Gasteiger charge is -2.25. The number of carbonyl (C=O) groups excluding carboxylic acids is 1. The molecular formula is C15H16FN3O2. The Kier molecular flexibility index (Phi) is 3.60. The molecule has 1 aliphatic rings. The van der Waals surface area contributed by atoms with E-state index in [1.54, 1.807) is 6.20 Å². The number of hydrogen-bond acceptors (Lipinski definition) is 3. The molecule has 0 spiro atoms. The Balaban J connectivity index is 1.74. The van der Waals surface area contributed by atoms with Gasteiger partial charge in [-0.05, 0) is 24.6 Å². The maximum Gasteiger partial charge on any atom is 0.255 e. The summed E-state index contributed by atoms with van der Waals surface area (Å²) in [7, 11) is 1.46. The van der Waals surface area contributed by atoms with Crippen molar-refractivity contribution < 1.29 is 13.9 Å². The van der Waals surface area contributed by atoms with E-state index >= 15 is 0 Å². The number of methoxy groups -OCH3 is 1. The molecular weight excluding hydrogens is 273 g/mol. The Morgan fingerprint density at radius 1 is 1.52 bits per heavy atom. The number of carbonyl (C=O) groups is 1. The first-order valence-corrected chi connectivity index (χ1v) is 6.82. The van der Waals surface area contributed by atoms with E-state index in [0.717, 1.165) is 18.7 Å². The van der Waals surface area contributed by atoms with E-state index in [2.05, 4.69) is 10.3 Å². The van der Waals surface area contributed by atoms with E-state index < -0.39 is 5.82 Å². The summed E-state index contributed by atoms with van der Waals surface area (Å²) in [4.78, 5) is 16.6. The highest BCUT2D eigenvalue weighted by atomic mass is 19.1. The minimum Gasteiger partial charge on any atom is -0.496 e. The molecule has 1 amide bonds. The molecule has 110 valence electrons. The van der Waals surface area contributed by atoms with E-state index in [1.807, 2.05) is 10.8 Å². The maximum absolute atomic E-state index is 13.3. The van der Waals surface area contributed by atoms with Crippen LogP contribution in [0.5, 0.6) is 5.75 Å². The summed E-state index contributed by atoms with van der Waals surface area (Å²) in [5.74, 6) is 0.623. The molecule has 2 aromatic rings. The van der Waals surface area contributed by atoms with Crippen LogP contribution in [-0.2, 0) is 13.0 Å². The largest absolute Gasteiger partial charge is 0.496 e. The number of benzene rings is 1. The fourth-order valence-electron chi connectivity index (χ4n) is 2.61. The first-order valence-electron chi connectivity index (χ1n) is 6.82. The second-order valence-electron chi connectivity index (χ2n) is 5.05. The van der Waals surface area contributed by atoms with Gasteiger partial charge in [0.1, 0.15) is 17.4 Å². The highest BCUT2D eigenvalue weighted by molar-refractivity contribution is 5.97. The van der Waals surface area contributed by atoms with Gasteiger partial charge in [-0.2, -0.15) is 0 Å². The molecule has 0 aliphatic carbocycles. The molecule has 0 bridgehead atoms. The molecule has 1 aromatic carbocycles. The summed E-state index contributed by atoms with van der Waals surface area (Å²) in [5.41, 5.74) is 0.217. The summed E-state index contributed by atoms with van der Waals surface area (Å²) in [6.07, 6.45) is 5.30. The predicted molar refractivity (Wildman–Crippen MR) is 74.8 cm³/mol. The lowest BCUT2D eigenvalue weighted by molar-refractivity contribution is 0.0924. The zero-order chi connectivity index (χ0) is 14.8. The number of fused-ring (bicyclic) bond motifs is 1. The zero-order valence-electron chi connectivity index (χ0n) is 11.7. The first-order chi connectivity index (χ1) is 10.2. The number of amides is 1. The number of aromatic nitrogens is 2. The van der Waals surface area contributed by atoms with Gasteiger partial charge < -0.3 is 14.6 Å². The van der Waals surface area contributed by atoms with E-state index in [9.17, 15) is 9.18 Å². The molecule has 0 unspecified atom stereocenters. The average molecular weight is 289 g/mol. The van der Waals surface area contributed by atoms with Crippen LogP contribution in [0.15, 0.2) is 30.6 Å². The summed E-state index contributed by atoms with van der Waals surface area (Å²) in [6, 6.07) is 3.93. The van der Waals surface area contributed by atoms with Crippen molar-refractivity contribution in [3.63, 3.8) is 0 Å². The monoisotopic (exact) mass is 289 g/mol. The number of hydrogen-bond donors (Lipinski definition) is 1. The van der Waals surface area contributed by atoms with Gasteiger partial charge in [0.25, 0.3) is 5.91 Å². The maximum atomic E-state index is 13.3. The van der Waals surface area contributed by atoms with Crippen molar-refractivity contribution in [2.75, 3.05) is 7.11 Å². The SMILES string of the molecule is COc1ccc(F)cc1C(=O)N[C@@H]1CCc2nccn2C1. The van der Waals surface area contributed by atoms with Crippen LogP contribution in [0.3, 0.4) is 0 Å². The van der Waals surface area contributed by atoms with E-state index in [-0.39, 0.29) is 17.5 Å². The van der Waals surface area contributed by atoms with Gasteiger partial charge in [0.2, 0.25) is 0 Å². The van der Waals surface area contributed by atoms with E-state index in [4.69, 9.17) is 4.74 Å². The van der Waals surface area contributed by atoms with Crippen LogP contribution in [-0.4, -0.2) is 28.6 Å². The molecule has 0 fully saturated rings. The highest BCUT2D eigenvalue weighted by Crippen LogP contribution is 2.20. The summed E-state index contributed by atoms with van der Waals surface area (Å²) in [6.45, 7) is 0.679. The molecule has 2 heterocycles. The molecule has 6 heteroatoms. The topological polar surface area (TPSA) is 56.1 Å². The first kappa shape index (κ1) is 13.6. The molecule has 1 N–H and O–H groups in total. The fraction of sp³-hybridized carbons (Fsp3) is 0.333. The smallest absolute Gasteiger partial charge is 0.255 e. The molecule has 0 saturated heterocycles. The van der Waals surface area contributed by atoms with Crippen molar-refractivity contribution in [2.24, 2.45) is 0 Å². The van der Waals surface area contributed by atoms with Crippen molar-refractivity contribution in [1.82, 2.24) is 14.9 Å². The molecule has 1 aromatic heterocycles. The third kappa shape index (κ3) is 2.74. The van der Waals surface area contributed by atoms with Gasteiger partial charge in [0, 0.05) is 31.4 Å². The molecule has 5 nitrogen and oxygen atoms in total. The number of nitrogens with one attached hydrogen (secondary N) is 1. The summed E-state index contributed by atoms with van der Waals surface area (Å²) >= 11 is 0. The number of nitrogens with zero attached hydrogens (tertiary/aromatic N) is 2. The van der Waals surface area contributed by atoms with Crippen LogP contribution in [0.4, 0.5) is 4.39 Å². The predicted octanol–water partition coefficient (Wildman–Crippen LogP) is 1.78. The van der Waals surface area contributed by atoms with Crippen molar-refractivity contribution in [3.05, 3.63) is 47.8 Å². The van der Waals surface area contributed by atoms with E-state index in [1.165, 1.54) is 25.3 Å². The number of aryl methyl sites for hydroxylation is 1. The van der Waals surface area contributed by atoms with Crippen LogP contribution in [0.25, 0.3) is 0 Å². The second-order valence-corrected chi connectivity index (χ2v) is 5.05. The quantitative estimate of drug-likeness (QED) is 0.937. The minimum atomic E-state index is -0.457. The van der Waals surface area contributed by atoms with Crippen LogP contribution in [0.1, 0.15) is 22.6 Å². The lowest BCUT2D eigenvalue weighted by atomic mass is 10.1. The molecule has 1 aliphatic heterocycles. The highest BCUT2D eigenvalue weighted by Gasteiger charge is 2.22.